The van der Waals surface area contributed by atoms with Gasteiger partial charge in [-0.05, 0) is 43.5 Å². The predicted molar refractivity (Wildman–Crippen MR) is 98.8 cm³/mol. The lowest BCUT2D eigenvalue weighted by atomic mass is 10.1. The second kappa shape index (κ2) is 9.33. The van der Waals surface area contributed by atoms with Gasteiger partial charge in [0.25, 0.3) is 0 Å². The SMILES string of the molecule is CCCOC(=O)CC1C(=O)NCCN1CC(=O)Nc1cc(C)cc(C)c1. The van der Waals surface area contributed by atoms with Gasteiger partial charge in [0.1, 0.15) is 6.04 Å². The molecule has 1 atom stereocenters. The highest BCUT2D eigenvalue weighted by molar-refractivity contribution is 5.93. The number of hydrogen-bond acceptors (Lipinski definition) is 5. The van der Waals surface area contributed by atoms with Crippen LogP contribution in [-0.2, 0) is 19.1 Å². The molecule has 1 fully saturated rings. The molecule has 1 aliphatic heterocycles. The largest absolute Gasteiger partial charge is 0.466 e. The van der Waals surface area contributed by atoms with Crippen molar-refractivity contribution in [3.8, 4) is 0 Å². The summed E-state index contributed by atoms with van der Waals surface area (Å²) in [7, 11) is 0. The van der Waals surface area contributed by atoms with Crippen LogP contribution in [0.25, 0.3) is 0 Å². The molecule has 0 aromatic heterocycles. The number of rotatable bonds is 7. The van der Waals surface area contributed by atoms with Crippen LogP contribution in [0.2, 0.25) is 0 Å². The van der Waals surface area contributed by atoms with Gasteiger partial charge in [0, 0.05) is 18.8 Å². The van der Waals surface area contributed by atoms with Crippen LogP contribution in [0.3, 0.4) is 0 Å². The van der Waals surface area contributed by atoms with Gasteiger partial charge in [0.05, 0.1) is 19.6 Å². The van der Waals surface area contributed by atoms with Crippen LogP contribution in [-0.4, -0.2) is 55.0 Å². The summed E-state index contributed by atoms with van der Waals surface area (Å²) in [5, 5.41) is 5.61. The zero-order valence-corrected chi connectivity index (χ0v) is 15.6. The Morgan fingerprint density at radius 3 is 2.62 bits per heavy atom. The predicted octanol–water partition coefficient (Wildman–Crippen LogP) is 1.39. The molecule has 2 rings (SSSR count). The fourth-order valence-corrected chi connectivity index (χ4v) is 3.04. The second-order valence-corrected chi connectivity index (χ2v) is 6.63. The van der Waals surface area contributed by atoms with E-state index >= 15 is 0 Å². The van der Waals surface area contributed by atoms with Crippen LogP contribution in [0.4, 0.5) is 5.69 Å². The van der Waals surface area contributed by atoms with E-state index in [1.807, 2.05) is 39.0 Å². The van der Waals surface area contributed by atoms with E-state index in [9.17, 15) is 14.4 Å². The minimum Gasteiger partial charge on any atom is -0.466 e. The minimum absolute atomic E-state index is 0.0478. The molecule has 0 aliphatic carbocycles. The van der Waals surface area contributed by atoms with Gasteiger partial charge >= 0.3 is 5.97 Å². The first kappa shape index (κ1) is 19.9. The Hall–Kier alpha value is -2.41. The molecule has 0 radical (unpaired) electrons. The average molecular weight is 361 g/mol. The zero-order valence-electron chi connectivity index (χ0n) is 15.6. The maximum Gasteiger partial charge on any atom is 0.307 e. The van der Waals surface area contributed by atoms with Crippen molar-refractivity contribution < 1.29 is 19.1 Å². The normalized spacial score (nSPS) is 17.5. The van der Waals surface area contributed by atoms with Crippen molar-refractivity contribution >= 4 is 23.5 Å². The molecular weight excluding hydrogens is 334 g/mol. The molecule has 1 aromatic carbocycles. The number of hydrogen-bond donors (Lipinski definition) is 2. The number of piperazine rings is 1. The number of carbonyl (C=O) groups excluding carboxylic acids is 3. The number of anilines is 1. The van der Waals surface area contributed by atoms with Gasteiger partial charge in [-0.2, -0.15) is 0 Å². The zero-order chi connectivity index (χ0) is 19.1. The first-order valence-electron chi connectivity index (χ1n) is 8.94. The van der Waals surface area contributed by atoms with Crippen LogP contribution in [0.1, 0.15) is 30.9 Å². The molecule has 2 amide bonds. The lowest BCUT2D eigenvalue weighted by Gasteiger charge is -2.33. The van der Waals surface area contributed by atoms with Gasteiger partial charge in [-0.25, -0.2) is 0 Å². The molecule has 26 heavy (non-hydrogen) atoms. The summed E-state index contributed by atoms with van der Waals surface area (Å²) in [6.45, 7) is 7.19. The van der Waals surface area contributed by atoms with Crippen LogP contribution in [0.15, 0.2) is 18.2 Å². The van der Waals surface area contributed by atoms with E-state index in [0.29, 0.717) is 19.7 Å². The van der Waals surface area contributed by atoms with Gasteiger partial charge in [0.15, 0.2) is 0 Å². The molecule has 7 nitrogen and oxygen atoms in total. The van der Waals surface area contributed by atoms with E-state index in [4.69, 9.17) is 4.74 Å². The van der Waals surface area contributed by atoms with Crippen molar-refractivity contribution in [2.24, 2.45) is 0 Å². The monoisotopic (exact) mass is 361 g/mol. The minimum atomic E-state index is -0.682. The molecular formula is C19H27N3O4. The topological polar surface area (TPSA) is 87.7 Å². The van der Waals surface area contributed by atoms with E-state index < -0.39 is 12.0 Å². The Bertz CT molecular complexity index is 654. The maximum absolute atomic E-state index is 12.4. The second-order valence-electron chi connectivity index (χ2n) is 6.63. The van der Waals surface area contributed by atoms with E-state index in [-0.39, 0.29) is 24.8 Å². The number of esters is 1. The van der Waals surface area contributed by atoms with Gasteiger partial charge < -0.3 is 15.4 Å². The fourth-order valence-electron chi connectivity index (χ4n) is 3.04. The van der Waals surface area contributed by atoms with E-state index in [0.717, 1.165) is 23.2 Å². The molecule has 0 bridgehead atoms. The van der Waals surface area contributed by atoms with Crippen LogP contribution in [0.5, 0.6) is 0 Å². The molecule has 1 heterocycles. The molecule has 1 aromatic rings. The Labute approximate surface area is 154 Å². The number of carbonyl (C=O) groups is 3. The standard InChI is InChI=1S/C19H27N3O4/c1-4-7-26-18(24)11-16-19(25)20-5-6-22(16)12-17(23)21-15-9-13(2)8-14(3)10-15/h8-10,16H,4-7,11-12H2,1-3H3,(H,20,25)(H,21,23). The number of ether oxygens (including phenoxy) is 1. The molecule has 0 saturated carbocycles. The molecule has 142 valence electrons. The molecule has 2 N–H and O–H groups in total. The van der Waals surface area contributed by atoms with Gasteiger partial charge in [-0.15, -0.1) is 0 Å². The number of benzene rings is 1. The smallest absolute Gasteiger partial charge is 0.307 e. The van der Waals surface area contributed by atoms with Crippen molar-refractivity contribution in [3.05, 3.63) is 29.3 Å². The van der Waals surface area contributed by atoms with E-state index in [1.165, 1.54) is 0 Å². The highest BCUT2D eigenvalue weighted by Gasteiger charge is 2.33. The van der Waals surface area contributed by atoms with Crippen molar-refractivity contribution in [2.75, 3.05) is 31.6 Å². The maximum atomic E-state index is 12.4. The van der Waals surface area contributed by atoms with Crippen LogP contribution < -0.4 is 10.6 Å². The van der Waals surface area contributed by atoms with Crippen molar-refractivity contribution in [1.29, 1.82) is 0 Å². The molecule has 1 saturated heterocycles. The van der Waals surface area contributed by atoms with Gasteiger partial charge in [0.2, 0.25) is 11.8 Å². The summed E-state index contributed by atoms with van der Waals surface area (Å²) in [5.74, 6) is -0.880. The molecule has 7 heteroatoms. The average Bonchev–Trinajstić information content (AvgIpc) is 2.55. The van der Waals surface area contributed by atoms with Crippen LogP contribution in [0, 0.1) is 13.8 Å². The first-order valence-corrected chi connectivity index (χ1v) is 8.94. The van der Waals surface area contributed by atoms with Crippen LogP contribution >= 0.6 is 0 Å². The molecule has 0 spiro atoms. The summed E-state index contributed by atoms with van der Waals surface area (Å²) < 4.78 is 5.07. The Kier molecular flexibility index (Phi) is 7.15. The number of nitrogens with zero attached hydrogens (tertiary/aromatic N) is 1. The summed E-state index contributed by atoms with van der Waals surface area (Å²) in [4.78, 5) is 38.2. The number of amides is 2. The Balaban J connectivity index is 1.98. The summed E-state index contributed by atoms with van der Waals surface area (Å²) in [6.07, 6.45) is 0.674. The Morgan fingerprint density at radius 1 is 1.27 bits per heavy atom. The van der Waals surface area contributed by atoms with Gasteiger partial charge in [-0.1, -0.05) is 13.0 Å². The number of aryl methyl sites for hydroxylation is 2. The summed E-state index contributed by atoms with van der Waals surface area (Å²) in [5.41, 5.74) is 2.86. The summed E-state index contributed by atoms with van der Waals surface area (Å²) >= 11 is 0. The highest BCUT2D eigenvalue weighted by Crippen LogP contribution is 2.15. The molecule has 1 aliphatic rings. The lowest BCUT2D eigenvalue weighted by Crippen LogP contribution is -2.57. The van der Waals surface area contributed by atoms with Gasteiger partial charge in [-0.3, -0.25) is 19.3 Å². The fraction of sp³-hybridized carbons (Fsp3) is 0.526. The van der Waals surface area contributed by atoms with E-state index in [1.54, 1.807) is 4.90 Å². The summed E-state index contributed by atoms with van der Waals surface area (Å²) in [6, 6.07) is 5.14. The van der Waals surface area contributed by atoms with Crippen molar-refractivity contribution in [2.45, 2.75) is 39.7 Å². The third kappa shape index (κ3) is 5.84. The third-order valence-electron chi connectivity index (χ3n) is 4.12. The molecule has 1 unspecified atom stereocenters. The van der Waals surface area contributed by atoms with Crippen molar-refractivity contribution in [3.63, 3.8) is 0 Å². The number of nitrogens with one attached hydrogen (secondary N) is 2. The first-order chi connectivity index (χ1) is 12.4. The quantitative estimate of drug-likeness (QED) is 0.717. The lowest BCUT2D eigenvalue weighted by molar-refractivity contribution is -0.148. The van der Waals surface area contributed by atoms with Crippen molar-refractivity contribution in [1.82, 2.24) is 10.2 Å². The van der Waals surface area contributed by atoms with E-state index in [2.05, 4.69) is 10.6 Å². The highest BCUT2D eigenvalue weighted by atomic mass is 16.5. The third-order valence-corrected chi connectivity index (χ3v) is 4.12. The Morgan fingerprint density at radius 2 is 1.96 bits per heavy atom.